The van der Waals surface area contributed by atoms with E-state index in [1.165, 1.54) is 0 Å². The van der Waals surface area contributed by atoms with Crippen molar-refractivity contribution in [2.45, 2.75) is 39.3 Å². The maximum Gasteiger partial charge on any atom is 0.407 e. The molecule has 3 nitrogen and oxygen atoms in total. The highest BCUT2D eigenvalue weighted by Gasteiger charge is 2.34. The van der Waals surface area contributed by atoms with E-state index in [1.807, 2.05) is 6.92 Å². The molecule has 0 bridgehead atoms. The minimum Gasteiger partial charge on any atom is -0.444 e. The van der Waals surface area contributed by atoms with Crippen LogP contribution < -0.4 is 5.32 Å². The first-order valence-electron chi connectivity index (χ1n) is 4.12. The molecule has 11 heavy (non-hydrogen) atoms. The standard InChI is InChI=1S/C8H15NO2/c1-4-6-7(5(2)3)9-8(10)11-6/h5-7H,4H2,1-3H3,(H,9,10)/t6-,7+/m0/s1. The first-order valence-corrected chi connectivity index (χ1v) is 4.12. The Balaban J connectivity index is 2.57. The number of hydrogen-bond donors (Lipinski definition) is 1. The van der Waals surface area contributed by atoms with Gasteiger partial charge in [0.2, 0.25) is 0 Å². The van der Waals surface area contributed by atoms with E-state index in [4.69, 9.17) is 4.74 Å². The summed E-state index contributed by atoms with van der Waals surface area (Å²) in [7, 11) is 0. The summed E-state index contributed by atoms with van der Waals surface area (Å²) < 4.78 is 5.03. The second-order valence-corrected chi connectivity index (χ2v) is 3.27. The van der Waals surface area contributed by atoms with Crippen molar-refractivity contribution in [3.63, 3.8) is 0 Å². The van der Waals surface area contributed by atoms with Gasteiger partial charge >= 0.3 is 6.09 Å². The van der Waals surface area contributed by atoms with E-state index in [-0.39, 0.29) is 18.2 Å². The smallest absolute Gasteiger partial charge is 0.407 e. The monoisotopic (exact) mass is 157 g/mol. The first-order chi connectivity index (χ1) is 5.15. The molecule has 0 aliphatic carbocycles. The molecule has 0 aromatic rings. The largest absolute Gasteiger partial charge is 0.444 e. The first kappa shape index (κ1) is 8.37. The third-order valence-electron chi connectivity index (χ3n) is 2.06. The molecule has 1 fully saturated rings. The highest BCUT2D eigenvalue weighted by molar-refractivity contribution is 5.70. The van der Waals surface area contributed by atoms with Crippen molar-refractivity contribution < 1.29 is 9.53 Å². The van der Waals surface area contributed by atoms with Crippen molar-refractivity contribution in [1.82, 2.24) is 5.32 Å². The van der Waals surface area contributed by atoms with Crippen LogP contribution in [-0.2, 0) is 4.74 Å². The van der Waals surface area contributed by atoms with Crippen LogP contribution in [0.4, 0.5) is 4.79 Å². The van der Waals surface area contributed by atoms with Gasteiger partial charge in [-0.3, -0.25) is 0 Å². The van der Waals surface area contributed by atoms with Crippen LogP contribution in [0.3, 0.4) is 0 Å². The third kappa shape index (κ3) is 1.64. The molecule has 0 aromatic heterocycles. The Morgan fingerprint density at radius 1 is 1.64 bits per heavy atom. The predicted molar refractivity (Wildman–Crippen MR) is 42.3 cm³/mol. The lowest BCUT2D eigenvalue weighted by Crippen LogP contribution is -2.35. The number of hydrogen-bond acceptors (Lipinski definition) is 2. The molecule has 64 valence electrons. The van der Waals surface area contributed by atoms with Crippen LogP contribution in [0.2, 0.25) is 0 Å². The van der Waals surface area contributed by atoms with Crippen molar-refractivity contribution in [2.75, 3.05) is 0 Å². The van der Waals surface area contributed by atoms with Crippen LogP contribution in [0.25, 0.3) is 0 Å². The zero-order chi connectivity index (χ0) is 8.43. The molecule has 0 unspecified atom stereocenters. The van der Waals surface area contributed by atoms with Crippen LogP contribution in [0, 0.1) is 5.92 Å². The molecule has 1 aliphatic rings. The fraction of sp³-hybridized carbons (Fsp3) is 0.875. The van der Waals surface area contributed by atoms with Gasteiger partial charge in [-0.15, -0.1) is 0 Å². The van der Waals surface area contributed by atoms with E-state index in [9.17, 15) is 4.79 Å². The van der Waals surface area contributed by atoms with Crippen molar-refractivity contribution in [3.8, 4) is 0 Å². The fourth-order valence-corrected chi connectivity index (χ4v) is 1.41. The van der Waals surface area contributed by atoms with Gasteiger partial charge in [0.15, 0.2) is 0 Å². The molecule has 0 aromatic carbocycles. The summed E-state index contributed by atoms with van der Waals surface area (Å²) >= 11 is 0. The summed E-state index contributed by atoms with van der Waals surface area (Å²) in [5, 5.41) is 2.79. The molecular weight excluding hydrogens is 142 g/mol. The molecule has 1 aliphatic heterocycles. The second kappa shape index (κ2) is 3.11. The van der Waals surface area contributed by atoms with Gasteiger partial charge in [-0.2, -0.15) is 0 Å². The van der Waals surface area contributed by atoms with E-state index in [2.05, 4.69) is 19.2 Å². The highest BCUT2D eigenvalue weighted by Crippen LogP contribution is 2.18. The quantitative estimate of drug-likeness (QED) is 0.660. The third-order valence-corrected chi connectivity index (χ3v) is 2.06. The summed E-state index contributed by atoms with van der Waals surface area (Å²) in [5.41, 5.74) is 0. The Morgan fingerprint density at radius 3 is 2.64 bits per heavy atom. The normalized spacial score (nSPS) is 30.4. The molecule has 1 rings (SSSR count). The molecule has 1 heterocycles. The molecule has 1 saturated heterocycles. The lowest BCUT2D eigenvalue weighted by molar-refractivity contribution is 0.123. The maximum atomic E-state index is 10.8. The van der Waals surface area contributed by atoms with Gasteiger partial charge in [0.25, 0.3) is 0 Å². The molecule has 2 atom stereocenters. The lowest BCUT2D eigenvalue weighted by Gasteiger charge is -2.18. The van der Waals surface area contributed by atoms with Crippen LogP contribution in [0.1, 0.15) is 27.2 Å². The molecule has 1 N–H and O–H groups in total. The number of rotatable bonds is 2. The summed E-state index contributed by atoms with van der Waals surface area (Å²) in [6.45, 7) is 6.20. The average Bonchev–Trinajstić information content (AvgIpc) is 2.30. The van der Waals surface area contributed by atoms with Crippen LogP contribution in [0.15, 0.2) is 0 Å². The van der Waals surface area contributed by atoms with Crippen molar-refractivity contribution in [2.24, 2.45) is 5.92 Å². The summed E-state index contributed by atoms with van der Waals surface area (Å²) in [6, 6.07) is 0.201. The Hall–Kier alpha value is -0.730. The van der Waals surface area contributed by atoms with E-state index >= 15 is 0 Å². The van der Waals surface area contributed by atoms with E-state index in [0.29, 0.717) is 5.92 Å². The van der Waals surface area contributed by atoms with E-state index in [1.54, 1.807) is 0 Å². The van der Waals surface area contributed by atoms with Gasteiger partial charge in [0.1, 0.15) is 6.10 Å². The minimum atomic E-state index is -0.268. The van der Waals surface area contributed by atoms with Gasteiger partial charge in [0.05, 0.1) is 6.04 Å². The molecular formula is C8H15NO2. The van der Waals surface area contributed by atoms with Gasteiger partial charge < -0.3 is 10.1 Å². The predicted octanol–water partition coefficient (Wildman–Crippen LogP) is 1.53. The van der Waals surface area contributed by atoms with E-state index in [0.717, 1.165) is 6.42 Å². The number of carbonyl (C=O) groups excluding carboxylic acids is 1. The van der Waals surface area contributed by atoms with Crippen LogP contribution >= 0.6 is 0 Å². The van der Waals surface area contributed by atoms with Gasteiger partial charge in [-0.05, 0) is 12.3 Å². The summed E-state index contributed by atoms with van der Waals surface area (Å²) in [6.07, 6.45) is 0.694. The number of amides is 1. The number of ether oxygens (including phenoxy) is 1. The molecule has 3 heteroatoms. The van der Waals surface area contributed by atoms with Gasteiger partial charge in [-0.1, -0.05) is 20.8 Å². The molecule has 0 spiro atoms. The van der Waals surface area contributed by atoms with Crippen LogP contribution in [-0.4, -0.2) is 18.2 Å². The van der Waals surface area contributed by atoms with Crippen molar-refractivity contribution in [1.29, 1.82) is 0 Å². The van der Waals surface area contributed by atoms with Gasteiger partial charge in [-0.25, -0.2) is 4.79 Å². The topological polar surface area (TPSA) is 38.3 Å². The van der Waals surface area contributed by atoms with E-state index < -0.39 is 0 Å². The number of carbonyl (C=O) groups is 1. The SMILES string of the molecule is CC[C@@H]1OC(=O)N[C@@H]1C(C)C. The number of cyclic esters (lactones) is 1. The fourth-order valence-electron chi connectivity index (χ4n) is 1.41. The molecule has 0 radical (unpaired) electrons. The minimum absolute atomic E-state index is 0.0718. The summed E-state index contributed by atoms with van der Waals surface area (Å²) in [4.78, 5) is 10.8. The Morgan fingerprint density at radius 2 is 2.27 bits per heavy atom. The Kier molecular flexibility index (Phi) is 2.37. The molecule has 1 amide bonds. The maximum absolute atomic E-state index is 10.8. The Bertz CT molecular complexity index is 156. The van der Waals surface area contributed by atoms with Crippen LogP contribution in [0.5, 0.6) is 0 Å². The van der Waals surface area contributed by atoms with Crippen molar-refractivity contribution >= 4 is 6.09 Å². The van der Waals surface area contributed by atoms with Crippen molar-refractivity contribution in [3.05, 3.63) is 0 Å². The average molecular weight is 157 g/mol. The zero-order valence-corrected chi connectivity index (χ0v) is 7.26. The lowest BCUT2D eigenvalue weighted by atomic mass is 9.98. The number of alkyl carbamates (subject to hydrolysis) is 1. The summed E-state index contributed by atoms with van der Waals surface area (Å²) in [5.74, 6) is 0.450. The van der Waals surface area contributed by atoms with Gasteiger partial charge in [0, 0.05) is 0 Å². The Labute approximate surface area is 67.1 Å². The zero-order valence-electron chi connectivity index (χ0n) is 7.26. The highest BCUT2D eigenvalue weighted by atomic mass is 16.6. The molecule has 0 saturated carbocycles. The number of nitrogens with one attached hydrogen (secondary N) is 1. The second-order valence-electron chi connectivity index (χ2n) is 3.27.